The first kappa shape index (κ1) is 8.27. The molecule has 0 fully saturated rings. The second-order valence-corrected chi connectivity index (χ2v) is 3.02. The van der Waals surface area contributed by atoms with Gasteiger partial charge in [0.1, 0.15) is 6.10 Å². The van der Waals surface area contributed by atoms with Crippen LogP contribution in [-0.2, 0) is 4.74 Å². The first-order chi connectivity index (χ1) is 6.42. The summed E-state index contributed by atoms with van der Waals surface area (Å²) in [7, 11) is 0. The molecule has 0 N–H and O–H groups in total. The van der Waals surface area contributed by atoms with Gasteiger partial charge in [-0.3, -0.25) is 0 Å². The van der Waals surface area contributed by atoms with Crippen molar-refractivity contribution in [3.63, 3.8) is 0 Å². The fourth-order valence-corrected chi connectivity index (χ4v) is 1.54. The summed E-state index contributed by atoms with van der Waals surface area (Å²) in [5, 5.41) is 0. The third kappa shape index (κ3) is 1.56. The summed E-state index contributed by atoms with van der Waals surface area (Å²) in [6.45, 7) is 4.50. The molecule has 0 aromatic heterocycles. The quantitative estimate of drug-likeness (QED) is 0.623. The molecule has 1 aliphatic rings. The smallest absolute Gasteiger partial charge is 0.102 e. The minimum Gasteiger partial charge on any atom is -0.365 e. The molecule has 1 aromatic rings. The molecule has 2 rings (SSSR count). The zero-order chi connectivity index (χ0) is 9.10. The highest BCUT2D eigenvalue weighted by Gasteiger charge is 2.13. The van der Waals surface area contributed by atoms with Crippen LogP contribution in [0.4, 0.5) is 0 Å². The second kappa shape index (κ2) is 3.58. The van der Waals surface area contributed by atoms with E-state index in [1.165, 1.54) is 5.56 Å². The molecule has 1 heterocycles. The van der Waals surface area contributed by atoms with Crippen molar-refractivity contribution in [3.05, 3.63) is 54.1 Å². The van der Waals surface area contributed by atoms with Gasteiger partial charge < -0.3 is 4.74 Å². The standard InChI is InChI=1S/C12H12O/c1-2-10-6-3-4-7-11(10)12-8-5-9-13-12/h2-8,12H,1,9H2/t12-/m0/s1. The zero-order valence-electron chi connectivity index (χ0n) is 7.44. The van der Waals surface area contributed by atoms with Crippen LogP contribution in [0.1, 0.15) is 17.2 Å². The minimum atomic E-state index is 0.120. The van der Waals surface area contributed by atoms with Crippen molar-refractivity contribution >= 4 is 6.08 Å². The van der Waals surface area contributed by atoms with E-state index in [2.05, 4.69) is 24.8 Å². The number of rotatable bonds is 2. The Labute approximate surface area is 78.3 Å². The molecule has 1 aromatic carbocycles. The maximum absolute atomic E-state index is 5.52. The highest BCUT2D eigenvalue weighted by molar-refractivity contribution is 5.53. The van der Waals surface area contributed by atoms with Crippen molar-refractivity contribution in [2.24, 2.45) is 0 Å². The van der Waals surface area contributed by atoms with E-state index in [0.29, 0.717) is 0 Å². The first-order valence-corrected chi connectivity index (χ1v) is 4.41. The molecule has 0 bridgehead atoms. The topological polar surface area (TPSA) is 9.23 Å². The lowest BCUT2D eigenvalue weighted by Crippen LogP contribution is -1.97. The number of ether oxygens (including phenoxy) is 1. The third-order valence-corrected chi connectivity index (χ3v) is 2.21. The lowest BCUT2D eigenvalue weighted by atomic mass is 10.0. The lowest BCUT2D eigenvalue weighted by molar-refractivity contribution is 0.129. The molecule has 1 heteroatoms. The predicted molar refractivity (Wildman–Crippen MR) is 54.4 cm³/mol. The molecule has 13 heavy (non-hydrogen) atoms. The molecule has 0 aliphatic carbocycles. The predicted octanol–water partition coefficient (Wildman–Crippen LogP) is 2.96. The monoisotopic (exact) mass is 172 g/mol. The van der Waals surface area contributed by atoms with Crippen LogP contribution in [0.3, 0.4) is 0 Å². The van der Waals surface area contributed by atoms with Gasteiger partial charge in [0.2, 0.25) is 0 Å². The maximum Gasteiger partial charge on any atom is 0.102 e. The Bertz CT molecular complexity index is 339. The van der Waals surface area contributed by atoms with Crippen LogP contribution in [0.2, 0.25) is 0 Å². The van der Waals surface area contributed by atoms with Crippen LogP contribution in [0.25, 0.3) is 6.08 Å². The summed E-state index contributed by atoms with van der Waals surface area (Å²) < 4.78 is 5.52. The van der Waals surface area contributed by atoms with Crippen molar-refractivity contribution in [3.8, 4) is 0 Å². The van der Waals surface area contributed by atoms with Crippen LogP contribution in [0.15, 0.2) is 43.0 Å². The first-order valence-electron chi connectivity index (χ1n) is 4.41. The molecule has 0 unspecified atom stereocenters. The molecule has 0 radical (unpaired) electrons. The van der Waals surface area contributed by atoms with Gasteiger partial charge in [0, 0.05) is 0 Å². The summed E-state index contributed by atoms with van der Waals surface area (Å²) in [6, 6.07) is 8.17. The largest absolute Gasteiger partial charge is 0.365 e. The van der Waals surface area contributed by atoms with Crippen molar-refractivity contribution in [1.29, 1.82) is 0 Å². The zero-order valence-corrected chi connectivity index (χ0v) is 7.44. The van der Waals surface area contributed by atoms with Gasteiger partial charge in [-0.2, -0.15) is 0 Å². The minimum absolute atomic E-state index is 0.120. The van der Waals surface area contributed by atoms with E-state index < -0.39 is 0 Å². The van der Waals surface area contributed by atoms with Gasteiger partial charge in [0.05, 0.1) is 6.61 Å². The summed E-state index contributed by atoms with van der Waals surface area (Å²) in [5.41, 5.74) is 2.35. The SMILES string of the molecule is C=Cc1ccccc1[C@@H]1C=CCO1. The van der Waals surface area contributed by atoms with Crippen LogP contribution < -0.4 is 0 Å². The van der Waals surface area contributed by atoms with Crippen LogP contribution in [0, 0.1) is 0 Å². The van der Waals surface area contributed by atoms with Gasteiger partial charge in [-0.1, -0.05) is 49.1 Å². The van der Waals surface area contributed by atoms with E-state index in [1.807, 2.05) is 24.3 Å². The van der Waals surface area contributed by atoms with E-state index in [4.69, 9.17) is 4.74 Å². The second-order valence-electron chi connectivity index (χ2n) is 3.02. The average molecular weight is 172 g/mol. The van der Waals surface area contributed by atoms with Gasteiger partial charge >= 0.3 is 0 Å². The molecule has 0 saturated carbocycles. The number of hydrogen-bond acceptors (Lipinski definition) is 1. The highest BCUT2D eigenvalue weighted by atomic mass is 16.5. The summed E-state index contributed by atoms with van der Waals surface area (Å²) in [4.78, 5) is 0. The van der Waals surface area contributed by atoms with E-state index in [-0.39, 0.29) is 6.10 Å². The highest BCUT2D eigenvalue weighted by Crippen LogP contribution is 2.26. The fraction of sp³-hybridized carbons (Fsp3) is 0.167. The molecule has 1 nitrogen and oxygen atoms in total. The van der Waals surface area contributed by atoms with E-state index in [0.717, 1.165) is 12.2 Å². The third-order valence-electron chi connectivity index (χ3n) is 2.21. The van der Waals surface area contributed by atoms with Crippen LogP contribution in [-0.4, -0.2) is 6.61 Å². The summed E-state index contributed by atoms with van der Waals surface area (Å²) >= 11 is 0. The van der Waals surface area contributed by atoms with Gasteiger partial charge in [-0.15, -0.1) is 0 Å². The summed E-state index contributed by atoms with van der Waals surface area (Å²) in [6.07, 6.45) is 6.12. The van der Waals surface area contributed by atoms with Crippen molar-refractivity contribution < 1.29 is 4.74 Å². The molecule has 0 amide bonds. The van der Waals surface area contributed by atoms with E-state index in [1.54, 1.807) is 0 Å². The van der Waals surface area contributed by atoms with Gasteiger partial charge in [0.15, 0.2) is 0 Å². The van der Waals surface area contributed by atoms with Crippen LogP contribution >= 0.6 is 0 Å². The molecule has 0 spiro atoms. The van der Waals surface area contributed by atoms with Crippen molar-refractivity contribution in [1.82, 2.24) is 0 Å². The average Bonchev–Trinajstić information content (AvgIpc) is 2.70. The Morgan fingerprint density at radius 1 is 1.38 bits per heavy atom. The van der Waals surface area contributed by atoms with Gasteiger partial charge in [0.25, 0.3) is 0 Å². The Hall–Kier alpha value is -1.34. The van der Waals surface area contributed by atoms with Gasteiger partial charge in [-0.05, 0) is 11.1 Å². The van der Waals surface area contributed by atoms with E-state index >= 15 is 0 Å². The van der Waals surface area contributed by atoms with Crippen molar-refractivity contribution in [2.75, 3.05) is 6.61 Å². The Kier molecular flexibility index (Phi) is 2.28. The molecule has 66 valence electrons. The number of benzene rings is 1. The maximum atomic E-state index is 5.52. The number of hydrogen-bond donors (Lipinski definition) is 0. The molecular weight excluding hydrogens is 160 g/mol. The molecular formula is C12H12O. The molecule has 1 aliphatic heterocycles. The molecule has 0 saturated heterocycles. The summed E-state index contributed by atoms with van der Waals surface area (Å²) in [5.74, 6) is 0. The normalized spacial score (nSPS) is 20.5. The molecule has 1 atom stereocenters. The van der Waals surface area contributed by atoms with Gasteiger partial charge in [-0.25, -0.2) is 0 Å². The van der Waals surface area contributed by atoms with E-state index in [9.17, 15) is 0 Å². The Balaban J connectivity index is 2.37. The van der Waals surface area contributed by atoms with Crippen LogP contribution in [0.5, 0.6) is 0 Å². The lowest BCUT2D eigenvalue weighted by Gasteiger charge is -2.11. The Morgan fingerprint density at radius 2 is 2.23 bits per heavy atom. The fourth-order valence-electron chi connectivity index (χ4n) is 1.54. The Morgan fingerprint density at radius 3 is 2.92 bits per heavy atom. The van der Waals surface area contributed by atoms with Crippen molar-refractivity contribution in [2.45, 2.75) is 6.10 Å².